The van der Waals surface area contributed by atoms with Gasteiger partial charge in [0.1, 0.15) is 0 Å². The molecule has 0 aliphatic carbocycles. The molecule has 17 N–H and O–H groups in total. The van der Waals surface area contributed by atoms with Crippen molar-refractivity contribution in [3.05, 3.63) is 0 Å². The van der Waals surface area contributed by atoms with Gasteiger partial charge in [0.2, 0.25) is 0 Å². The summed E-state index contributed by atoms with van der Waals surface area (Å²) in [7, 11) is -2.17. The van der Waals surface area contributed by atoms with Crippen LogP contribution >= 0.6 is 0 Å². The Morgan fingerprint density at radius 2 is 0.455 bits per heavy atom. The van der Waals surface area contributed by atoms with Gasteiger partial charge in [0.15, 0.2) is 0 Å². The number of hydrogen-bond donors (Lipinski definition) is 3. The Balaban J connectivity index is -0.00000000214. The molecule has 11 heteroatoms. The third-order valence-corrected chi connectivity index (χ3v) is 0. The topological polar surface area (TPSA) is 281 Å². The summed E-state index contributed by atoms with van der Waals surface area (Å²) in [6, 6.07) is 0. The number of rotatable bonds is 0. The molecule has 0 aliphatic heterocycles. The van der Waals surface area contributed by atoms with E-state index in [0.29, 0.717) is 0 Å². The van der Waals surface area contributed by atoms with E-state index in [1.165, 1.54) is 0 Å². The molecule has 0 radical (unpaired) electrons. The van der Waals surface area contributed by atoms with Gasteiger partial charge < -0.3 is 53.4 Å². The quantitative estimate of drug-likeness (QED) is 0.312. The fourth-order valence-electron chi connectivity index (χ4n) is 0. The third-order valence-electron chi connectivity index (χ3n) is 0. The van der Waals surface area contributed by atoms with Crippen molar-refractivity contribution in [2.75, 3.05) is 0 Å². The van der Waals surface area contributed by atoms with Crippen molar-refractivity contribution in [3.63, 3.8) is 0 Å². The largest absolute Gasteiger partial charge is 0.631 e. The van der Waals surface area contributed by atoms with Crippen molar-refractivity contribution in [1.82, 2.24) is 0 Å². The highest BCUT2D eigenvalue weighted by molar-refractivity contribution is 6.30. The van der Waals surface area contributed by atoms with Crippen LogP contribution in [0.2, 0.25) is 0 Å². The molecule has 10 nitrogen and oxygen atoms in total. The molecule has 0 aromatic carbocycles. The molecule has 0 heterocycles. The van der Waals surface area contributed by atoms with Gasteiger partial charge in [0.25, 0.3) is 0 Å². The standard InChI is InChI=1S/BH3O3.7H2O/c2-1(3)4;;;;;;;/h2-4H;7*1H2. The molecular weight excluding hydrogens is 171 g/mol. The molecule has 80 valence electrons. The molecule has 0 fully saturated rings. The second-order valence-corrected chi connectivity index (χ2v) is 0.346. The Hall–Kier alpha value is -0.335. The highest BCUT2D eigenvalue weighted by Gasteiger charge is 1.92. The van der Waals surface area contributed by atoms with Gasteiger partial charge >= 0.3 is 7.32 Å². The van der Waals surface area contributed by atoms with Gasteiger partial charge in [-0.3, -0.25) is 0 Å². The van der Waals surface area contributed by atoms with Crippen LogP contribution in [0.1, 0.15) is 0 Å². The Bertz CT molecular complexity index is 9.59. The zero-order valence-electron chi connectivity index (χ0n) is 5.42. The van der Waals surface area contributed by atoms with Gasteiger partial charge in [-0.05, 0) is 0 Å². The highest BCUT2D eigenvalue weighted by Crippen LogP contribution is 1.40. The molecule has 0 aromatic heterocycles. The van der Waals surface area contributed by atoms with Gasteiger partial charge in [0, 0.05) is 0 Å². The van der Waals surface area contributed by atoms with E-state index in [1.807, 2.05) is 0 Å². The second kappa shape index (κ2) is 102. The van der Waals surface area contributed by atoms with Crippen molar-refractivity contribution in [2.24, 2.45) is 0 Å². The molecule has 0 rings (SSSR count). The normalized spacial score (nSPS) is 2.45. The first-order valence-corrected chi connectivity index (χ1v) is 0.775. The van der Waals surface area contributed by atoms with Crippen molar-refractivity contribution in [3.8, 4) is 0 Å². The van der Waals surface area contributed by atoms with E-state index in [0.717, 1.165) is 0 Å². The van der Waals surface area contributed by atoms with Gasteiger partial charge in [-0.1, -0.05) is 0 Å². The minimum atomic E-state index is -2.17. The Kier molecular flexibility index (Phi) is 1300. The highest BCUT2D eigenvalue weighted by atomic mass is 16.5. The Morgan fingerprint density at radius 1 is 0.455 bits per heavy atom. The molecule has 0 saturated carbocycles. The van der Waals surface area contributed by atoms with Crippen LogP contribution in [0.15, 0.2) is 0 Å². The van der Waals surface area contributed by atoms with Crippen LogP contribution in [0.4, 0.5) is 0 Å². The first kappa shape index (κ1) is 140. The maximum atomic E-state index is 7.17. The minimum Gasteiger partial charge on any atom is -0.412 e. The van der Waals surface area contributed by atoms with Crippen LogP contribution < -0.4 is 0 Å². The zero-order chi connectivity index (χ0) is 3.58. The summed E-state index contributed by atoms with van der Waals surface area (Å²) in [5.74, 6) is 0. The molecule has 0 saturated heterocycles. The van der Waals surface area contributed by atoms with E-state index < -0.39 is 7.32 Å². The second-order valence-electron chi connectivity index (χ2n) is 0.346. The van der Waals surface area contributed by atoms with E-state index in [9.17, 15) is 0 Å². The smallest absolute Gasteiger partial charge is 0.412 e. The summed E-state index contributed by atoms with van der Waals surface area (Å²) in [5.41, 5.74) is 0. The van der Waals surface area contributed by atoms with Crippen molar-refractivity contribution < 1.29 is 53.4 Å². The van der Waals surface area contributed by atoms with Crippen LogP contribution in [0.25, 0.3) is 0 Å². The lowest BCUT2D eigenvalue weighted by molar-refractivity contribution is 0.278. The Labute approximate surface area is 62.0 Å². The summed E-state index contributed by atoms with van der Waals surface area (Å²) < 4.78 is 0. The van der Waals surface area contributed by atoms with E-state index in [2.05, 4.69) is 0 Å². The SMILES string of the molecule is O.O.O.O.O.O.O.OB(O)O. The summed E-state index contributed by atoms with van der Waals surface area (Å²) in [5, 5.41) is 21.5. The van der Waals surface area contributed by atoms with E-state index in [-0.39, 0.29) is 38.3 Å². The maximum Gasteiger partial charge on any atom is 0.631 e. The third kappa shape index (κ3) is 5060. The first-order valence-electron chi connectivity index (χ1n) is 0.775. The molecule has 0 atom stereocenters. The van der Waals surface area contributed by atoms with Gasteiger partial charge in [-0.2, -0.15) is 0 Å². The maximum absolute atomic E-state index is 7.17. The van der Waals surface area contributed by atoms with Crippen LogP contribution in [0.3, 0.4) is 0 Å². The first-order chi connectivity index (χ1) is 1.73. The zero-order valence-corrected chi connectivity index (χ0v) is 5.42. The van der Waals surface area contributed by atoms with Crippen LogP contribution in [0, 0.1) is 0 Å². The summed E-state index contributed by atoms with van der Waals surface area (Å²) in [6.45, 7) is 0. The van der Waals surface area contributed by atoms with E-state index in [4.69, 9.17) is 15.1 Å². The van der Waals surface area contributed by atoms with Crippen LogP contribution in [0.5, 0.6) is 0 Å². The average molecular weight is 188 g/mol. The molecule has 0 spiro atoms. The lowest BCUT2D eigenvalue weighted by Gasteiger charge is -1.69. The molecule has 0 amide bonds. The fourth-order valence-corrected chi connectivity index (χ4v) is 0. The van der Waals surface area contributed by atoms with Gasteiger partial charge in [-0.25, -0.2) is 0 Å². The summed E-state index contributed by atoms with van der Waals surface area (Å²) in [4.78, 5) is 0. The van der Waals surface area contributed by atoms with Crippen LogP contribution in [-0.4, -0.2) is 60.7 Å². The molecular formula is H17BO10. The van der Waals surface area contributed by atoms with E-state index in [1.54, 1.807) is 0 Å². The Morgan fingerprint density at radius 3 is 0.455 bits per heavy atom. The molecule has 0 unspecified atom stereocenters. The minimum absolute atomic E-state index is 0. The molecule has 11 heavy (non-hydrogen) atoms. The summed E-state index contributed by atoms with van der Waals surface area (Å²) >= 11 is 0. The lowest BCUT2D eigenvalue weighted by Crippen LogP contribution is -2.07. The average Bonchev–Trinajstić information content (AvgIpc) is 0.811. The predicted molar refractivity (Wildman–Crippen MR) is 37.7 cm³/mol. The van der Waals surface area contributed by atoms with Crippen molar-refractivity contribution in [1.29, 1.82) is 0 Å². The molecule has 0 aromatic rings. The number of hydrogen-bond acceptors (Lipinski definition) is 3. The summed E-state index contributed by atoms with van der Waals surface area (Å²) in [6.07, 6.45) is 0. The van der Waals surface area contributed by atoms with E-state index >= 15 is 0 Å². The van der Waals surface area contributed by atoms with Gasteiger partial charge in [0.05, 0.1) is 0 Å². The van der Waals surface area contributed by atoms with Crippen molar-refractivity contribution >= 4 is 7.32 Å². The fraction of sp³-hybridized carbons (Fsp3) is 0. The predicted octanol–water partition coefficient (Wildman–Crippen LogP) is -7.82. The monoisotopic (exact) mass is 188 g/mol. The molecule has 0 aliphatic rings. The van der Waals surface area contributed by atoms with Crippen molar-refractivity contribution in [2.45, 2.75) is 0 Å². The lowest BCUT2D eigenvalue weighted by atomic mass is 10.3. The molecule has 0 bridgehead atoms. The van der Waals surface area contributed by atoms with Crippen LogP contribution in [-0.2, 0) is 0 Å². The van der Waals surface area contributed by atoms with Gasteiger partial charge in [-0.15, -0.1) is 0 Å².